The average Bonchev–Trinajstić information content (AvgIpc) is 1.74. The second kappa shape index (κ2) is 43.6. The van der Waals surface area contributed by atoms with Gasteiger partial charge in [-0.25, -0.2) is 14.8 Å². The Balaban J connectivity index is 1.06. The van der Waals surface area contributed by atoms with Crippen LogP contribution < -0.4 is 23.8 Å². The van der Waals surface area contributed by atoms with E-state index >= 15 is 0 Å². The largest absolute Gasteiger partial charge is 0.493 e. The molecule has 13 rings (SSSR count). The summed E-state index contributed by atoms with van der Waals surface area (Å²) >= 11 is 2.95. The molecule has 10 aromatic rings. The smallest absolute Gasteiger partial charge is 0.335 e. The maximum absolute atomic E-state index is 12.0. The number of anilines is 2. The van der Waals surface area contributed by atoms with Gasteiger partial charge in [-0.1, -0.05) is 273 Å². The molecule has 3 aliphatic rings. The molecule has 6 aromatic carbocycles. The van der Waals surface area contributed by atoms with Crippen LogP contribution in [-0.4, -0.2) is 72.7 Å². The predicted molar refractivity (Wildman–Crippen MR) is 484 cm³/mol. The van der Waals surface area contributed by atoms with E-state index < -0.39 is 5.97 Å². The molecule has 8 bridgehead atoms. The molecule has 0 saturated carbocycles. The summed E-state index contributed by atoms with van der Waals surface area (Å²) in [5.41, 5.74) is 17.5. The molecule has 0 atom stereocenters. The summed E-state index contributed by atoms with van der Waals surface area (Å²) in [4.78, 5) is 36.6. The third kappa shape index (κ3) is 21.7. The number of ether oxygens (including phenoxy) is 4. The molecule has 0 amide bonds. The number of unbranched alkanes of at least 4 members (excludes halogenated alkanes) is 25. The topological polar surface area (TPSA) is 161 Å². The molecule has 13 nitrogen and oxygen atoms in total. The van der Waals surface area contributed by atoms with Crippen molar-refractivity contribution >= 4 is 98.2 Å². The highest BCUT2D eigenvalue weighted by Crippen LogP contribution is 2.50. The number of fused-ring (bicyclic) bond motifs is 11. The molecule has 15 heteroatoms. The molecule has 0 radical (unpaired) electrons. The second-order valence-electron chi connectivity index (χ2n) is 30.9. The number of nitrogens with one attached hydrogen (secondary N) is 2. The summed E-state index contributed by atoms with van der Waals surface area (Å²) in [6.07, 6.45) is 42.8. The van der Waals surface area contributed by atoms with Crippen molar-refractivity contribution < 1.29 is 28.8 Å². The first-order valence-corrected chi connectivity index (χ1v) is 45.0. The average molecular weight is 1590 g/mol. The van der Waals surface area contributed by atoms with Crippen LogP contribution in [0.1, 0.15) is 283 Å². The van der Waals surface area contributed by atoms with Crippen LogP contribution in [0.15, 0.2) is 149 Å². The fourth-order valence-corrected chi connectivity index (χ4v) is 17.4. The monoisotopic (exact) mass is 1590 g/mol. The Morgan fingerprint density at radius 3 is 1.32 bits per heavy atom. The number of carboxylic acids is 1. The fraction of sp³-hybridized carbons (Fsp3) is 0.396. The maximum atomic E-state index is 12.0. The van der Waals surface area contributed by atoms with E-state index in [0.29, 0.717) is 94.4 Å². The van der Waals surface area contributed by atoms with E-state index in [2.05, 4.69) is 201 Å². The van der Waals surface area contributed by atoms with Crippen molar-refractivity contribution in [1.82, 2.24) is 28.7 Å². The lowest BCUT2D eigenvalue weighted by Crippen LogP contribution is -2.22. The molecule has 3 aliphatic heterocycles. The van der Waals surface area contributed by atoms with Crippen LogP contribution in [0.4, 0.5) is 11.4 Å². The maximum Gasteiger partial charge on any atom is 0.335 e. The number of para-hydroxylation sites is 1. The molecule has 3 N–H and O–H groups in total. The van der Waals surface area contributed by atoms with Gasteiger partial charge >= 0.3 is 5.97 Å². The van der Waals surface area contributed by atoms with Crippen LogP contribution in [-0.2, 0) is 0 Å². The van der Waals surface area contributed by atoms with Crippen LogP contribution in [0.2, 0.25) is 0 Å². The molecule has 602 valence electrons. The van der Waals surface area contributed by atoms with Crippen molar-refractivity contribution in [3.63, 3.8) is 0 Å². The van der Waals surface area contributed by atoms with E-state index in [-0.39, 0.29) is 5.56 Å². The Bertz CT molecular complexity index is 5180. The van der Waals surface area contributed by atoms with Crippen LogP contribution in [0.3, 0.4) is 0 Å². The van der Waals surface area contributed by atoms with Crippen LogP contribution in [0.5, 0.6) is 23.0 Å². The van der Waals surface area contributed by atoms with Gasteiger partial charge in [0.25, 0.3) is 0 Å². The highest BCUT2D eigenvalue weighted by atomic mass is 32.2. The van der Waals surface area contributed by atoms with Crippen LogP contribution >= 0.6 is 23.5 Å². The van der Waals surface area contributed by atoms with Crippen molar-refractivity contribution in [3.05, 3.63) is 190 Å². The zero-order valence-electron chi connectivity index (χ0n) is 68.9. The number of H-pyrrole nitrogens is 2. The number of rotatable bonds is 43. The van der Waals surface area contributed by atoms with Gasteiger partial charge in [0.05, 0.1) is 117 Å². The fourth-order valence-electron chi connectivity index (χ4n) is 15.7. The van der Waals surface area contributed by atoms with Gasteiger partial charge in [-0.15, -0.1) is 0 Å². The normalized spacial score (nSPS) is 12.0. The van der Waals surface area contributed by atoms with E-state index in [0.717, 1.165) is 168 Å². The summed E-state index contributed by atoms with van der Waals surface area (Å²) < 4.78 is 38.0. The van der Waals surface area contributed by atoms with Gasteiger partial charge < -0.3 is 38.9 Å². The van der Waals surface area contributed by atoms with Crippen molar-refractivity contribution in [2.24, 2.45) is 0 Å². The number of benzene rings is 6. The summed E-state index contributed by atoms with van der Waals surface area (Å²) in [6, 6.07) is 47.3. The van der Waals surface area contributed by atoms with Crippen LogP contribution in [0.25, 0.3) is 90.8 Å². The Kier molecular flexibility index (Phi) is 31.4. The molecular formula is C101H115N7O6S2. The Morgan fingerprint density at radius 1 is 0.397 bits per heavy atom. The molecule has 116 heavy (non-hydrogen) atoms. The van der Waals surface area contributed by atoms with Gasteiger partial charge in [0.15, 0.2) is 0 Å². The van der Waals surface area contributed by atoms with E-state index in [1.54, 1.807) is 12.1 Å². The molecule has 0 fully saturated rings. The van der Waals surface area contributed by atoms with Gasteiger partial charge in [-0.2, -0.15) is 8.75 Å². The van der Waals surface area contributed by atoms with Gasteiger partial charge in [0.2, 0.25) is 0 Å². The number of nitrogens with zero attached hydrogens (tertiary/aromatic N) is 5. The van der Waals surface area contributed by atoms with Gasteiger partial charge in [0, 0.05) is 49.6 Å². The van der Waals surface area contributed by atoms with Gasteiger partial charge in [-0.3, -0.25) is 0 Å². The number of aromatic carboxylic acids is 1. The Hall–Kier alpha value is -10.3. The van der Waals surface area contributed by atoms with Crippen LogP contribution in [0, 0.1) is 23.7 Å². The lowest BCUT2D eigenvalue weighted by Gasteiger charge is -2.33. The molecule has 4 aromatic heterocycles. The second-order valence-corrected chi connectivity index (χ2v) is 32.5. The SMILES string of the molecule is CCCCCCCCOc1cccc(OCCCCCCCC)c1-c1c2nc(c(C#Cc3ccc(-c4ccc(C(=O)O)cc4)c4nsnc34)c3ccc([nH]3)c(-c3c(OCCCCCCCC)cccc3OCCCCCCCC)c3nc(c(C#Cc4ccc5c(c4)N(CCCCCCCC)c4ccccc4S5)c4ccc1[nH]4)C=C3)C=C2. The van der Waals surface area contributed by atoms with E-state index in [1.807, 2.05) is 36.0 Å². The van der Waals surface area contributed by atoms with E-state index in [1.165, 1.54) is 130 Å². The highest BCUT2D eigenvalue weighted by molar-refractivity contribution is 7.99. The van der Waals surface area contributed by atoms with E-state index in [4.69, 9.17) is 37.7 Å². The molecule has 0 saturated heterocycles. The minimum atomic E-state index is -0.985. The first-order valence-electron chi connectivity index (χ1n) is 43.5. The van der Waals surface area contributed by atoms with Crippen molar-refractivity contribution in [1.29, 1.82) is 0 Å². The number of carboxylic acid groups (broad SMARTS) is 1. The zero-order valence-corrected chi connectivity index (χ0v) is 70.5. The molecule has 0 spiro atoms. The van der Waals surface area contributed by atoms with E-state index in [9.17, 15) is 9.90 Å². The standard InChI is InChI=1S/C101H115N7O6S2/c1-6-11-16-21-26-33-66-108-87-40-31-32-45-93(87)115-94-65-47-72(71-88(94)108)46-54-77-79-57-61-83(102-79)95(97-89(111-67-34-27-22-17-12-7-2)41-38-42-90(97)112-68-35-28-23-18-13-8-3)85-63-59-81(104-85)78(56-53-74-52-55-76(100-99(74)106-116-107-100)73-48-50-75(51-49-73)101(109)110)82-60-64-86(105-82)96(84-62-58-80(77)103-84)98-91(113-69-36-29-24-19-14-9-4)43-39-44-92(98)114-70-37-30-25-20-15-10-5/h31-32,38-45,47-52,55,57-65,71,102,105H,6-30,33-37,66-70H2,1-5H3,(H,109,110). The summed E-state index contributed by atoms with van der Waals surface area (Å²) in [5.74, 6) is 16.8. The number of hydrogen-bond donors (Lipinski definition) is 3. The first kappa shape index (κ1) is 83.6. The quantitative estimate of drug-likeness (QED) is 0.0245. The number of aromatic nitrogens is 6. The number of carbonyl (C=O) groups is 1. The Morgan fingerprint density at radius 2 is 0.828 bits per heavy atom. The first-order chi connectivity index (χ1) is 57.2. The summed E-state index contributed by atoms with van der Waals surface area (Å²) in [6.45, 7) is 14.4. The third-order valence-electron chi connectivity index (χ3n) is 22.1. The van der Waals surface area contributed by atoms with Gasteiger partial charge in [0.1, 0.15) is 34.0 Å². The zero-order chi connectivity index (χ0) is 80.1. The van der Waals surface area contributed by atoms with Crippen molar-refractivity contribution in [2.45, 2.75) is 237 Å². The van der Waals surface area contributed by atoms with Crippen molar-refractivity contribution in [2.75, 3.05) is 37.9 Å². The lowest BCUT2D eigenvalue weighted by molar-refractivity contribution is 0.0696. The third-order valence-corrected chi connectivity index (χ3v) is 23.8. The molecular weight excluding hydrogens is 1470 g/mol. The van der Waals surface area contributed by atoms with Gasteiger partial charge in [-0.05, 0) is 159 Å². The van der Waals surface area contributed by atoms with Crippen molar-refractivity contribution in [3.8, 4) is 80.1 Å². The number of hydrogen-bond acceptors (Lipinski definition) is 12. The number of aromatic amines is 2. The summed E-state index contributed by atoms with van der Waals surface area (Å²) in [7, 11) is 0. The molecule has 0 aliphatic carbocycles. The predicted octanol–water partition coefficient (Wildman–Crippen LogP) is 28.1. The molecule has 0 unspecified atom stereocenters. The highest BCUT2D eigenvalue weighted by Gasteiger charge is 2.27. The molecule has 7 heterocycles. The summed E-state index contributed by atoms with van der Waals surface area (Å²) in [5, 5.41) is 9.80. The lowest BCUT2D eigenvalue weighted by atomic mass is 10.00. The minimum absolute atomic E-state index is 0.207. The minimum Gasteiger partial charge on any atom is -0.493 e. The Labute approximate surface area is 696 Å².